The Morgan fingerprint density at radius 3 is 2.13 bits per heavy atom. The number of aliphatic hydroxyl groups is 1. The molecule has 0 aromatic heterocycles. The van der Waals surface area contributed by atoms with E-state index in [0.29, 0.717) is 13.2 Å². The second kappa shape index (κ2) is 6.07. The summed E-state index contributed by atoms with van der Waals surface area (Å²) in [5.41, 5.74) is -6.53. The van der Waals surface area contributed by atoms with Crippen LogP contribution in [0.15, 0.2) is 24.3 Å². The Bertz CT molecular complexity index is 612. The third kappa shape index (κ3) is 3.92. The molecule has 1 amide bonds. The van der Waals surface area contributed by atoms with Gasteiger partial charge >= 0.3 is 24.0 Å². The van der Waals surface area contributed by atoms with Crippen LogP contribution in [0.5, 0.6) is 0 Å². The third-order valence-corrected chi connectivity index (χ3v) is 2.64. The van der Waals surface area contributed by atoms with E-state index in [4.69, 9.17) is 0 Å². The van der Waals surface area contributed by atoms with Crippen LogP contribution in [0, 0.1) is 0 Å². The number of nitrogens with one attached hydrogen (secondary N) is 1. The van der Waals surface area contributed by atoms with Gasteiger partial charge in [-0.15, -0.1) is 0 Å². The number of amides is 1. The highest BCUT2D eigenvalue weighted by Gasteiger charge is 2.62. The summed E-state index contributed by atoms with van der Waals surface area (Å²) in [4.78, 5) is 22.7. The molecule has 0 bridgehead atoms. The Labute approximate surface area is 124 Å². The van der Waals surface area contributed by atoms with Gasteiger partial charge in [-0.25, -0.2) is 4.79 Å². The van der Waals surface area contributed by atoms with E-state index in [1.54, 1.807) is 0 Å². The Hall–Kier alpha value is -2.30. The SMILES string of the molecule is COC(=O)[C@@](O)(NC(=O)c1cccc(C(F)(F)F)c1)C(F)(F)F. The minimum Gasteiger partial charge on any atom is -0.465 e. The van der Waals surface area contributed by atoms with Crippen LogP contribution in [0.3, 0.4) is 0 Å². The van der Waals surface area contributed by atoms with E-state index in [1.807, 2.05) is 0 Å². The first-order valence-electron chi connectivity index (χ1n) is 5.70. The van der Waals surface area contributed by atoms with Crippen LogP contribution >= 0.6 is 0 Å². The zero-order valence-corrected chi connectivity index (χ0v) is 11.2. The predicted molar refractivity (Wildman–Crippen MR) is 61.9 cm³/mol. The van der Waals surface area contributed by atoms with Gasteiger partial charge in [0.2, 0.25) is 0 Å². The molecular formula is C12H9F6NO4. The van der Waals surface area contributed by atoms with Crippen LogP contribution in [-0.2, 0) is 15.7 Å². The fraction of sp³-hybridized carbons (Fsp3) is 0.333. The Morgan fingerprint density at radius 1 is 1.13 bits per heavy atom. The van der Waals surface area contributed by atoms with Gasteiger partial charge in [-0.2, -0.15) is 26.3 Å². The number of alkyl halides is 6. The number of methoxy groups -OCH3 is 1. The Morgan fingerprint density at radius 2 is 1.70 bits per heavy atom. The third-order valence-electron chi connectivity index (χ3n) is 2.64. The maximum atomic E-state index is 12.7. The molecule has 0 heterocycles. The number of carbonyl (C=O) groups excluding carboxylic acids is 2. The van der Waals surface area contributed by atoms with Crippen molar-refractivity contribution < 1.29 is 45.8 Å². The van der Waals surface area contributed by atoms with E-state index in [1.165, 1.54) is 0 Å². The smallest absolute Gasteiger partial charge is 0.448 e. The summed E-state index contributed by atoms with van der Waals surface area (Å²) in [6, 6.07) is 2.41. The summed E-state index contributed by atoms with van der Waals surface area (Å²) in [7, 11) is 0.523. The summed E-state index contributed by atoms with van der Waals surface area (Å²) in [6.07, 6.45) is -10.5. The molecule has 0 spiro atoms. The average Bonchev–Trinajstić information content (AvgIpc) is 2.44. The van der Waals surface area contributed by atoms with Crippen LogP contribution in [0.4, 0.5) is 26.3 Å². The molecular weight excluding hydrogens is 336 g/mol. The fourth-order valence-corrected chi connectivity index (χ4v) is 1.46. The Kier molecular flexibility index (Phi) is 4.94. The molecule has 5 nitrogen and oxygen atoms in total. The highest BCUT2D eigenvalue weighted by Crippen LogP contribution is 2.31. The van der Waals surface area contributed by atoms with Gasteiger partial charge in [-0.05, 0) is 18.2 Å². The number of hydrogen-bond donors (Lipinski definition) is 2. The number of benzene rings is 1. The first-order chi connectivity index (χ1) is 10.3. The molecule has 1 aromatic rings. The van der Waals surface area contributed by atoms with E-state index >= 15 is 0 Å². The zero-order valence-electron chi connectivity index (χ0n) is 11.2. The quantitative estimate of drug-likeness (QED) is 0.498. The van der Waals surface area contributed by atoms with Gasteiger partial charge in [0.15, 0.2) is 0 Å². The van der Waals surface area contributed by atoms with Gasteiger partial charge in [0.25, 0.3) is 5.91 Å². The van der Waals surface area contributed by atoms with Crippen molar-refractivity contribution in [3.8, 4) is 0 Å². The monoisotopic (exact) mass is 345 g/mol. The fourth-order valence-electron chi connectivity index (χ4n) is 1.46. The summed E-state index contributed by atoms with van der Waals surface area (Å²) in [6.45, 7) is 0. The molecule has 0 aliphatic heterocycles. The van der Waals surface area contributed by atoms with Gasteiger partial charge in [-0.3, -0.25) is 4.79 Å². The number of hydrogen-bond acceptors (Lipinski definition) is 4. The van der Waals surface area contributed by atoms with E-state index in [-0.39, 0.29) is 6.07 Å². The maximum Gasteiger partial charge on any atom is 0.448 e. The molecule has 2 N–H and O–H groups in total. The van der Waals surface area contributed by atoms with E-state index in [2.05, 4.69) is 4.74 Å². The minimum atomic E-state index is -5.66. The van der Waals surface area contributed by atoms with Gasteiger partial charge in [-0.1, -0.05) is 6.07 Å². The number of ether oxygens (including phenoxy) is 1. The molecule has 0 aliphatic rings. The average molecular weight is 345 g/mol. The number of esters is 1. The normalized spacial score (nSPS) is 14.8. The maximum absolute atomic E-state index is 12.7. The highest BCUT2D eigenvalue weighted by molar-refractivity contribution is 5.98. The summed E-state index contributed by atoms with van der Waals surface area (Å²) >= 11 is 0. The van der Waals surface area contributed by atoms with Gasteiger partial charge in [0.05, 0.1) is 12.7 Å². The first-order valence-corrected chi connectivity index (χ1v) is 5.70. The van der Waals surface area contributed by atoms with Crippen molar-refractivity contribution in [2.24, 2.45) is 0 Å². The van der Waals surface area contributed by atoms with Gasteiger partial charge in [0.1, 0.15) is 0 Å². The van der Waals surface area contributed by atoms with Gasteiger partial charge < -0.3 is 15.2 Å². The van der Waals surface area contributed by atoms with Crippen LogP contribution in [0.25, 0.3) is 0 Å². The van der Waals surface area contributed by atoms with Crippen LogP contribution in [0.1, 0.15) is 15.9 Å². The summed E-state index contributed by atoms with van der Waals surface area (Å²) in [5, 5.41) is 10.3. The first kappa shape index (κ1) is 18.7. The van der Waals surface area contributed by atoms with Crippen molar-refractivity contribution in [2.45, 2.75) is 18.1 Å². The molecule has 11 heteroatoms. The highest BCUT2D eigenvalue weighted by atomic mass is 19.4. The van der Waals surface area contributed by atoms with Crippen molar-refractivity contribution in [1.82, 2.24) is 5.32 Å². The molecule has 1 rings (SSSR count). The van der Waals surface area contributed by atoms with Crippen molar-refractivity contribution in [3.05, 3.63) is 35.4 Å². The number of rotatable bonds is 3. The Balaban J connectivity index is 3.17. The van der Waals surface area contributed by atoms with Crippen LogP contribution in [-0.4, -0.2) is 36.0 Å². The molecule has 0 aliphatic carbocycles. The summed E-state index contributed by atoms with van der Waals surface area (Å²) in [5.74, 6) is -3.99. The second-order valence-corrected chi connectivity index (χ2v) is 4.23. The number of carbonyl (C=O) groups is 2. The molecule has 23 heavy (non-hydrogen) atoms. The zero-order chi connectivity index (χ0) is 18.1. The molecule has 0 fully saturated rings. The van der Waals surface area contributed by atoms with Crippen molar-refractivity contribution in [1.29, 1.82) is 0 Å². The topological polar surface area (TPSA) is 75.6 Å². The largest absolute Gasteiger partial charge is 0.465 e. The molecule has 1 atom stereocenters. The number of halogens is 6. The minimum absolute atomic E-state index is 0.267. The lowest BCUT2D eigenvalue weighted by Gasteiger charge is -2.28. The molecule has 0 unspecified atom stereocenters. The predicted octanol–water partition coefficient (Wildman–Crippen LogP) is 1.86. The lowest BCUT2D eigenvalue weighted by atomic mass is 10.1. The van der Waals surface area contributed by atoms with Crippen molar-refractivity contribution in [3.63, 3.8) is 0 Å². The summed E-state index contributed by atoms with van der Waals surface area (Å²) < 4.78 is 79.5. The molecule has 0 radical (unpaired) electrons. The van der Waals surface area contributed by atoms with E-state index in [0.717, 1.165) is 17.4 Å². The van der Waals surface area contributed by atoms with Crippen molar-refractivity contribution in [2.75, 3.05) is 7.11 Å². The lowest BCUT2D eigenvalue weighted by Crippen LogP contribution is -2.64. The molecule has 1 aromatic carbocycles. The van der Waals surface area contributed by atoms with Crippen LogP contribution < -0.4 is 5.32 Å². The van der Waals surface area contributed by atoms with Gasteiger partial charge in [0, 0.05) is 5.56 Å². The van der Waals surface area contributed by atoms with Crippen molar-refractivity contribution >= 4 is 11.9 Å². The molecule has 0 saturated carbocycles. The lowest BCUT2D eigenvalue weighted by molar-refractivity contribution is -0.268. The standard InChI is InChI=1S/C12H9F6NO4/c1-23-9(21)10(22,12(16,17)18)19-8(20)6-3-2-4-7(5-6)11(13,14)15/h2-5,22H,1H3,(H,19,20)/t10-/m0/s1. The van der Waals surface area contributed by atoms with Crippen LogP contribution in [0.2, 0.25) is 0 Å². The molecule has 0 saturated heterocycles. The molecule has 128 valence electrons. The second-order valence-electron chi connectivity index (χ2n) is 4.23. The van der Waals surface area contributed by atoms with E-state index in [9.17, 15) is 41.0 Å². The van der Waals surface area contributed by atoms with E-state index < -0.39 is 41.1 Å².